The number of hydrogen-bond donors (Lipinski definition) is 2. The molecular formula is C10H15NO2S. The minimum atomic E-state index is -2.43. The number of aromatic amines is 1. The van der Waals surface area contributed by atoms with Crippen molar-refractivity contribution in [2.75, 3.05) is 0 Å². The van der Waals surface area contributed by atoms with Crippen molar-refractivity contribution >= 4 is 10.7 Å². The summed E-state index contributed by atoms with van der Waals surface area (Å²) in [6.45, 7) is 0. The summed E-state index contributed by atoms with van der Waals surface area (Å²) in [5.74, 6) is 0.549. The third kappa shape index (κ3) is 2.00. The molecule has 1 aromatic heterocycles. The predicted octanol–water partition coefficient (Wildman–Crippen LogP) is 2.03. The number of H-pyrrole nitrogens is 1. The minimum Gasteiger partial charge on any atom is -0.364 e. The van der Waals surface area contributed by atoms with Crippen LogP contribution in [-0.2, 0) is 10.7 Å². The Morgan fingerprint density at radius 3 is 2.50 bits per heavy atom. The summed E-state index contributed by atoms with van der Waals surface area (Å²) >= 11 is 0. The zero-order valence-corrected chi connectivity index (χ0v) is 8.93. The predicted molar refractivity (Wildman–Crippen MR) is 55.2 cm³/mol. The van der Waals surface area contributed by atoms with E-state index in [0.717, 1.165) is 5.69 Å². The number of rotatable bonds is 2. The fourth-order valence-corrected chi connectivity index (χ4v) is 2.57. The van der Waals surface area contributed by atoms with Gasteiger partial charge in [-0.25, -0.2) is 8.42 Å². The molecule has 1 aromatic rings. The van der Waals surface area contributed by atoms with E-state index in [0.29, 0.717) is 10.8 Å². The topological polar surface area (TPSA) is 49.9 Å². The molecule has 78 valence electrons. The average molecular weight is 213 g/mol. The Balaban J connectivity index is 2.15. The van der Waals surface area contributed by atoms with Crippen molar-refractivity contribution in [2.45, 2.75) is 42.9 Å². The monoisotopic (exact) mass is 213 g/mol. The second-order valence-corrected chi connectivity index (χ2v) is 4.94. The first-order chi connectivity index (χ1) is 6.77. The third-order valence-electron chi connectivity index (χ3n) is 2.95. The van der Waals surface area contributed by atoms with Crippen LogP contribution >= 0.6 is 0 Å². The molecule has 1 fully saturated rings. The van der Waals surface area contributed by atoms with Crippen LogP contribution in [0.2, 0.25) is 0 Å². The van der Waals surface area contributed by atoms with Gasteiger partial charge in [0.1, 0.15) is 0 Å². The maximum Gasteiger partial charge on any atom is 0.169 e. The van der Waals surface area contributed by atoms with E-state index >= 15 is 0 Å². The van der Waals surface area contributed by atoms with Crippen molar-refractivity contribution in [2.24, 2.45) is 0 Å². The first-order valence-corrected chi connectivity index (χ1v) is 6.28. The number of nitrogens with one attached hydrogen (secondary N) is 1. The summed E-state index contributed by atoms with van der Waals surface area (Å²) in [6.07, 6.45) is 7.83. The van der Waals surface area contributed by atoms with Crippen LogP contribution in [0.1, 0.15) is 43.7 Å². The largest absolute Gasteiger partial charge is 0.364 e. The van der Waals surface area contributed by atoms with Crippen LogP contribution in [0.15, 0.2) is 17.2 Å². The summed E-state index contributed by atoms with van der Waals surface area (Å²) in [6, 6.07) is 1.78. The highest BCUT2D eigenvalue weighted by Crippen LogP contribution is 2.32. The molecule has 1 heterocycles. The maximum absolute atomic E-state index is 10.7. The van der Waals surface area contributed by atoms with Gasteiger partial charge in [-0.1, -0.05) is 19.3 Å². The van der Waals surface area contributed by atoms with Crippen molar-refractivity contribution in [3.8, 4) is 0 Å². The lowest BCUT2D eigenvalue weighted by atomic mass is 9.87. The van der Waals surface area contributed by atoms with Crippen LogP contribution in [0.3, 0.4) is 0 Å². The maximum atomic E-state index is 10.7. The molecule has 1 saturated carbocycles. The highest BCUT2D eigenvalue weighted by atomic mass is 32.2. The van der Waals surface area contributed by atoms with Crippen LogP contribution in [-0.4, -0.2) is 13.4 Å². The van der Waals surface area contributed by atoms with Crippen molar-refractivity contribution in [1.29, 1.82) is 0 Å². The van der Waals surface area contributed by atoms with Gasteiger partial charge in [0.25, 0.3) is 0 Å². The molecule has 0 radical (unpaired) electrons. The Morgan fingerprint density at radius 1 is 1.21 bits per heavy atom. The lowest BCUT2D eigenvalue weighted by Crippen LogP contribution is -2.04. The molecule has 3 nitrogen and oxygen atoms in total. The van der Waals surface area contributed by atoms with E-state index < -0.39 is 10.7 Å². The molecule has 0 bridgehead atoms. The molecule has 0 aliphatic heterocycles. The molecule has 2 rings (SSSR count). The molecule has 0 aromatic carbocycles. The fraction of sp³-hybridized carbons (Fsp3) is 0.600. The summed E-state index contributed by atoms with van der Waals surface area (Å²) in [5, 5.41) is 0. The van der Waals surface area contributed by atoms with Crippen molar-refractivity contribution < 1.29 is 8.42 Å². The van der Waals surface area contributed by atoms with Gasteiger partial charge in [-0.3, -0.25) is 0 Å². The van der Waals surface area contributed by atoms with Gasteiger partial charge in [-0.15, -0.1) is 0 Å². The van der Waals surface area contributed by atoms with E-state index in [1.165, 1.54) is 32.1 Å². The van der Waals surface area contributed by atoms with Gasteiger partial charge in [0.2, 0.25) is 0 Å². The summed E-state index contributed by atoms with van der Waals surface area (Å²) < 4.78 is 21.4. The molecule has 0 amide bonds. The normalized spacial score (nSPS) is 18.9. The average Bonchev–Trinajstić information content (AvgIpc) is 2.68. The molecule has 0 saturated heterocycles. The zero-order chi connectivity index (χ0) is 9.97. The van der Waals surface area contributed by atoms with Crippen molar-refractivity contribution in [3.63, 3.8) is 0 Å². The first-order valence-electron chi connectivity index (χ1n) is 5.10. The van der Waals surface area contributed by atoms with Crippen molar-refractivity contribution in [1.82, 2.24) is 4.98 Å². The summed E-state index contributed by atoms with van der Waals surface area (Å²) in [7, 11) is -2.43. The van der Waals surface area contributed by atoms with Crippen molar-refractivity contribution in [3.05, 3.63) is 18.0 Å². The van der Waals surface area contributed by atoms with E-state index in [1.54, 1.807) is 12.3 Å². The van der Waals surface area contributed by atoms with Crippen LogP contribution in [0.5, 0.6) is 0 Å². The van der Waals surface area contributed by atoms with Gasteiger partial charge in [0.15, 0.2) is 10.7 Å². The van der Waals surface area contributed by atoms with Gasteiger partial charge in [0, 0.05) is 11.9 Å². The van der Waals surface area contributed by atoms with E-state index in [1.807, 2.05) is 0 Å². The smallest absolute Gasteiger partial charge is 0.169 e. The SMILES string of the molecule is O=[SH](=O)c1c[nH]c(C2CCCCC2)c1. The van der Waals surface area contributed by atoms with Crippen LogP contribution in [0, 0.1) is 0 Å². The number of aromatic nitrogens is 1. The lowest BCUT2D eigenvalue weighted by molar-refractivity contribution is 0.438. The van der Waals surface area contributed by atoms with E-state index in [2.05, 4.69) is 4.98 Å². The summed E-state index contributed by atoms with van der Waals surface area (Å²) in [4.78, 5) is 3.49. The van der Waals surface area contributed by atoms with E-state index in [4.69, 9.17) is 0 Å². The first kappa shape index (κ1) is 9.77. The molecule has 0 atom stereocenters. The Bertz CT molecular complexity index is 367. The Labute approximate surface area is 85.5 Å². The molecule has 1 aliphatic rings. The van der Waals surface area contributed by atoms with Gasteiger partial charge in [-0.2, -0.15) is 0 Å². The number of hydrogen-bond acceptors (Lipinski definition) is 2. The zero-order valence-electron chi connectivity index (χ0n) is 8.03. The molecule has 1 N–H and O–H groups in total. The Kier molecular flexibility index (Phi) is 2.91. The molecule has 0 spiro atoms. The van der Waals surface area contributed by atoms with E-state index in [9.17, 15) is 8.42 Å². The van der Waals surface area contributed by atoms with Gasteiger partial charge < -0.3 is 4.98 Å². The van der Waals surface area contributed by atoms with Crippen LogP contribution in [0.25, 0.3) is 0 Å². The third-order valence-corrected chi connectivity index (χ3v) is 3.63. The molecule has 0 unspecified atom stereocenters. The minimum absolute atomic E-state index is 0.417. The standard InChI is InChI=1S/C10H15NO2S/c12-14(13)9-6-10(11-7-9)8-4-2-1-3-5-8/h6-8,11,14H,1-5H2. The van der Waals surface area contributed by atoms with E-state index in [-0.39, 0.29) is 0 Å². The van der Waals surface area contributed by atoms with Gasteiger partial charge >= 0.3 is 0 Å². The Morgan fingerprint density at radius 2 is 1.93 bits per heavy atom. The highest BCUT2D eigenvalue weighted by Gasteiger charge is 2.17. The second-order valence-electron chi connectivity index (χ2n) is 3.91. The van der Waals surface area contributed by atoms with Crippen LogP contribution < -0.4 is 0 Å². The van der Waals surface area contributed by atoms with Gasteiger partial charge in [0.05, 0.1) is 4.90 Å². The summed E-state index contributed by atoms with van der Waals surface area (Å²) in [5.41, 5.74) is 1.10. The van der Waals surface area contributed by atoms with Gasteiger partial charge in [-0.05, 0) is 24.8 Å². The van der Waals surface area contributed by atoms with Crippen LogP contribution in [0.4, 0.5) is 0 Å². The number of thiol groups is 1. The highest BCUT2D eigenvalue weighted by molar-refractivity contribution is 7.72. The molecule has 14 heavy (non-hydrogen) atoms. The Hall–Kier alpha value is -0.770. The molecular weight excluding hydrogens is 198 g/mol. The quantitative estimate of drug-likeness (QED) is 0.738. The molecule has 1 aliphatic carbocycles. The fourth-order valence-electron chi connectivity index (χ4n) is 2.15. The molecule has 4 heteroatoms. The lowest BCUT2D eigenvalue weighted by Gasteiger charge is -2.20. The second kappa shape index (κ2) is 4.17.